The first-order valence-electron chi connectivity index (χ1n) is 3.59. The lowest BCUT2D eigenvalue weighted by Crippen LogP contribution is -1.86. The van der Waals surface area contributed by atoms with Gasteiger partial charge in [-0.05, 0) is 17.2 Å². The van der Waals surface area contributed by atoms with E-state index in [2.05, 4.69) is 11.3 Å². The maximum Gasteiger partial charge on any atom is 0.286 e. The Kier molecular flexibility index (Phi) is 2.92. The van der Waals surface area contributed by atoms with E-state index in [0.717, 1.165) is 11.1 Å². The summed E-state index contributed by atoms with van der Waals surface area (Å²) in [4.78, 5) is 0. The van der Waals surface area contributed by atoms with E-state index in [9.17, 15) is 0 Å². The minimum atomic E-state index is 0.332. The average molecular weight is 159 g/mol. The number of hydrogen-bond acceptors (Lipinski definition) is 2. The van der Waals surface area contributed by atoms with Crippen LogP contribution in [0, 0.1) is 11.5 Å². The third-order valence-corrected chi connectivity index (χ3v) is 1.49. The fraction of sp³-hybridized carbons (Fsp3) is 0.100. The molecule has 0 radical (unpaired) electrons. The molecule has 0 aromatic heterocycles. The van der Waals surface area contributed by atoms with Gasteiger partial charge in [-0.25, -0.2) is 0 Å². The van der Waals surface area contributed by atoms with E-state index in [1.807, 2.05) is 24.3 Å². The predicted octanol–water partition coefficient (Wildman–Crippen LogP) is 2.33. The fourth-order valence-corrected chi connectivity index (χ4v) is 0.925. The topological polar surface area (TPSA) is 33.0 Å². The average Bonchev–Trinajstić information content (AvgIpc) is 2.15. The lowest BCUT2D eigenvalue weighted by molar-refractivity contribution is 0.257. The van der Waals surface area contributed by atoms with Crippen molar-refractivity contribution in [3.05, 3.63) is 42.0 Å². The van der Waals surface area contributed by atoms with E-state index in [4.69, 9.17) is 5.26 Å². The van der Waals surface area contributed by atoms with Gasteiger partial charge in [-0.2, -0.15) is 5.26 Å². The zero-order valence-electron chi connectivity index (χ0n) is 6.66. The molecule has 2 heteroatoms. The molecule has 0 spiro atoms. The number of rotatable bonds is 3. The van der Waals surface area contributed by atoms with Crippen molar-refractivity contribution >= 4 is 6.08 Å². The van der Waals surface area contributed by atoms with Gasteiger partial charge in [0.05, 0.1) is 0 Å². The standard InChI is InChI=1S/C10H9NO/c1-2-9-4-3-5-10(6-9)7-12-8-11/h2-6H,1,7H2. The molecule has 1 aromatic rings. The second-order valence-electron chi connectivity index (χ2n) is 2.33. The number of hydrogen-bond donors (Lipinski definition) is 0. The molecule has 2 nitrogen and oxygen atoms in total. The Hall–Kier alpha value is -1.75. The van der Waals surface area contributed by atoms with Crippen LogP contribution in [0.25, 0.3) is 6.08 Å². The molecule has 0 saturated heterocycles. The van der Waals surface area contributed by atoms with E-state index in [1.165, 1.54) is 0 Å². The summed E-state index contributed by atoms with van der Waals surface area (Å²) < 4.78 is 4.59. The molecular formula is C10H9NO. The molecule has 0 aliphatic carbocycles. The summed E-state index contributed by atoms with van der Waals surface area (Å²) in [6.45, 7) is 3.98. The summed E-state index contributed by atoms with van der Waals surface area (Å²) in [6.07, 6.45) is 3.39. The summed E-state index contributed by atoms with van der Waals surface area (Å²) in [5.74, 6) is 0. The highest BCUT2D eigenvalue weighted by Crippen LogP contribution is 2.06. The van der Waals surface area contributed by atoms with Gasteiger partial charge in [0.2, 0.25) is 0 Å². The molecule has 0 heterocycles. The minimum Gasteiger partial charge on any atom is -0.423 e. The van der Waals surface area contributed by atoms with Crippen LogP contribution in [0.15, 0.2) is 30.8 Å². The van der Waals surface area contributed by atoms with Crippen LogP contribution in [0.2, 0.25) is 0 Å². The summed E-state index contributed by atoms with van der Waals surface area (Å²) in [5, 5.41) is 8.16. The van der Waals surface area contributed by atoms with Crippen molar-refractivity contribution in [2.24, 2.45) is 0 Å². The molecular weight excluding hydrogens is 150 g/mol. The van der Waals surface area contributed by atoms with Crippen LogP contribution in [0.5, 0.6) is 0 Å². The molecule has 1 aromatic carbocycles. The van der Waals surface area contributed by atoms with Crippen molar-refractivity contribution in [1.82, 2.24) is 0 Å². The van der Waals surface area contributed by atoms with Crippen LogP contribution in [0.4, 0.5) is 0 Å². The van der Waals surface area contributed by atoms with Gasteiger partial charge in [-0.1, -0.05) is 30.9 Å². The normalized spacial score (nSPS) is 8.58. The zero-order valence-corrected chi connectivity index (χ0v) is 6.66. The molecule has 60 valence electrons. The van der Waals surface area contributed by atoms with Gasteiger partial charge in [0.25, 0.3) is 6.26 Å². The van der Waals surface area contributed by atoms with Gasteiger partial charge in [-0.15, -0.1) is 0 Å². The molecule has 0 aliphatic heterocycles. The zero-order chi connectivity index (χ0) is 8.81. The van der Waals surface area contributed by atoms with Gasteiger partial charge in [-0.3, -0.25) is 0 Å². The van der Waals surface area contributed by atoms with Gasteiger partial charge in [0, 0.05) is 0 Å². The maximum absolute atomic E-state index is 8.16. The summed E-state index contributed by atoms with van der Waals surface area (Å²) in [5.41, 5.74) is 2.02. The molecule has 0 saturated carbocycles. The van der Waals surface area contributed by atoms with Gasteiger partial charge in [0.15, 0.2) is 0 Å². The van der Waals surface area contributed by atoms with Gasteiger partial charge in [0.1, 0.15) is 6.61 Å². The van der Waals surface area contributed by atoms with Crippen LogP contribution in [-0.2, 0) is 11.3 Å². The van der Waals surface area contributed by atoms with E-state index in [-0.39, 0.29) is 0 Å². The Morgan fingerprint density at radius 3 is 3.08 bits per heavy atom. The minimum absolute atomic E-state index is 0.332. The van der Waals surface area contributed by atoms with Crippen molar-refractivity contribution in [2.75, 3.05) is 0 Å². The molecule has 0 amide bonds. The Labute approximate surface area is 71.7 Å². The van der Waals surface area contributed by atoms with E-state index < -0.39 is 0 Å². The van der Waals surface area contributed by atoms with Crippen LogP contribution in [0.1, 0.15) is 11.1 Å². The van der Waals surface area contributed by atoms with Crippen molar-refractivity contribution in [3.63, 3.8) is 0 Å². The SMILES string of the molecule is C=Cc1cccc(COC#N)c1. The summed E-state index contributed by atoms with van der Waals surface area (Å²) in [6, 6.07) is 7.70. The first-order valence-corrected chi connectivity index (χ1v) is 3.59. The van der Waals surface area contributed by atoms with Crippen LogP contribution >= 0.6 is 0 Å². The number of ether oxygens (including phenoxy) is 1. The summed E-state index contributed by atoms with van der Waals surface area (Å²) >= 11 is 0. The largest absolute Gasteiger partial charge is 0.423 e. The quantitative estimate of drug-likeness (QED) is 0.634. The molecule has 0 N–H and O–H groups in total. The smallest absolute Gasteiger partial charge is 0.286 e. The Morgan fingerprint density at radius 1 is 1.58 bits per heavy atom. The molecule has 0 atom stereocenters. The first-order chi connectivity index (χ1) is 5.86. The van der Waals surface area contributed by atoms with Crippen molar-refractivity contribution < 1.29 is 4.74 Å². The highest BCUT2D eigenvalue weighted by atomic mass is 16.5. The van der Waals surface area contributed by atoms with Gasteiger partial charge < -0.3 is 4.74 Å². The fourth-order valence-electron chi connectivity index (χ4n) is 0.925. The predicted molar refractivity (Wildman–Crippen MR) is 46.9 cm³/mol. The van der Waals surface area contributed by atoms with E-state index in [0.29, 0.717) is 6.61 Å². The van der Waals surface area contributed by atoms with Crippen LogP contribution in [0.3, 0.4) is 0 Å². The van der Waals surface area contributed by atoms with Gasteiger partial charge >= 0.3 is 0 Å². The number of benzene rings is 1. The van der Waals surface area contributed by atoms with Crippen molar-refractivity contribution in [3.8, 4) is 6.26 Å². The summed E-state index contributed by atoms with van der Waals surface area (Å²) in [7, 11) is 0. The lowest BCUT2D eigenvalue weighted by atomic mass is 10.1. The first kappa shape index (κ1) is 8.35. The van der Waals surface area contributed by atoms with Crippen LogP contribution < -0.4 is 0 Å². The second-order valence-corrected chi connectivity index (χ2v) is 2.33. The van der Waals surface area contributed by atoms with Crippen LogP contribution in [-0.4, -0.2) is 0 Å². The molecule has 1 rings (SSSR count). The molecule has 0 aliphatic rings. The molecule has 0 fully saturated rings. The highest BCUT2D eigenvalue weighted by Gasteiger charge is 1.92. The van der Waals surface area contributed by atoms with E-state index >= 15 is 0 Å². The monoisotopic (exact) mass is 159 g/mol. The maximum atomic E-state index is 8.16. The third kappa shape index (κ3) is 2.14. The Balaban J connectivity index is 2.74. The second kappa shape index (κ2) is 4.20. The number of nitriles is 1. The van der Waals surface area contributed by atoms with Crippen molar-refractivity contribution in [2.45, 2.75) is 6.61 Å². The third-order valence-electron chi connectivity index (χ3n) is 1.49. The molecule has 0 bridgehead atoms. The Morgan fingerprint density at radius 2 is 2.42 bits per heavy atom. The molecule has 0 unspecified atom stereocenters. The number of nitrogens with zero attached hydrogens (tertiary/aromatic N) is 1. The Bertz CT molecular complexity index is 312. The molecule has 12 heavy (non-hydrogen) atoms. The lowest BCUT2D eigenvalue weighted by Gasteiger charge is -1.98. The van der Waals surface area contributed by atoms with Crippen molar-refractivity contribution in [1.29, 1.82) is 5.26 Å². The highest BCUT2D eigenvalue weighted by molar-refractivity contribution is 5.47. The van der Waals surface area contributed by atoms with E-state index in [1.54, 1.807) is 12.3 Å².